The molecule has 0 saturated heterocycles. The fourth-order valence-corrected chi connectivity index (χ4v) is 2.93. The highest BCUT2D eigenvalue weighted by atomic mass is 32.1. The number of aliphatic hydroxyl groups is 1. The summed E-state index contributed by atoms with van der Waals surface area (Å²) in [6.07, 6.45) is 1.26. The van der Waals surface area contributed by atoms with Crippen molar-refractivity contribution in [2.75, 3.05) is 6.61 Å². The number of rotatable bonds is 6. The molecule has 2 aromatic heterocycles. The molecule has 5 heteroatoms. The van der Waals surface area contributed by atoms with E-state index in [1.165, 1.54) is 0 Å². The summed E-state index contributed by atoms with van der Waals surface area (Å²) >= 11 is 1.56. The number of amides is 1. The number of carbonyl (C=O) groups is 1. The average molecular weight is 293 g/mol. The molecule has 2 rings (SSSR count). The van der Waals surface area contributed by atoms with Gasteiger partial charge in [-0.3, -0.25) is 4.79 Å². The first kappa shape index (κ1) is 14.8. The molecule has 4 nitrogen and oxygen atoms in total. The number of aryl methyl sites for hydroxylation is 2. The monoisotopic (exact) mass is 293 g/mol. The molecule has 0 aromatic carbocycles. The molecular formula is C15H19NO3S. The summed E-state index contributed by atoms with van der Waals surface area (Å²) in [5.41, 5.74) is 0.993. The van der Waals surface area contributed by atoms with Crippen LogP contribution in [0.5, 0.6) is 0 Å². The molecule has 0 saturated carbocycles. The van der Waals surface area contributed by atoms with Crippen LogP contribution in [0.4, 0.5) is 0 Å². The van der Waals surface area contributed by atoms with Crippen LogP contribution < -0.4 is 5.32 Å². The minimum Gasteiger partial charge on any atom is -0.456 e. The molecule has 1 atom stereocenters. The molecular weight excluding hydrogens is 274 g/mol. The van der Waals surface area contributed by atoms with Gasteiger partial charge in [0.05, 0.1) is 6.04 Å². The van der Waals surface area contributed by atoms with Gasteiger partial charge in [-0.15, -0.1) is 11.3 Å². The van der Waals surface area contributed by atoms with E-state index in [-0.39, 0.29) is 18.6 Å². The van der Waals surface area contributed by atoms with Gasteiger partial charge in [-0.05, 0) is 36.4 Å². The third-order valence-electron chi connectivity index (χ3n) is 3.18. The maximum atomic E-state index is 12.2. The zero-order valence-electron chi connectivity index (χ0n) is 11.7. The second kappa shape index (κ2) is 6.72. The van der Waals surface area contributed by atoms with Gasteiger partial charge in [0.2, 0.25) is 0 Å². The highest BCUT2D eigenvalue weighted by Crippen LogP contribution is 2.23. The summed E-state index contributed by atoms with van der Waals surface area (Å²) in [6.45, 7) is 3.96. The van der Waals surface area contributed by atoms with Gasteiger partial charge in [0, 0.05) is 17.9 Å². The van der Waals surface area contributed by atoms with Gasteiger partial charge in [-0.25, -0.2) is 0 Å². The lowest BCUT2D eigenvalue weighted by molar-refractivity contribution is 0.0901. The molecule has 0 aliphatic rings. The van der Waals surface area contributed by atoms with Crippen LogP contribution in [0.1, 0.15) is 46.1 Å². The topological polar surface area (TPSA) is 62.5 Å². The minimum absolute atomic E-state index is 0.0280. The van der Waals surface area contributed by atoms with Crippen molar-refractivity contribution in [2.24, 2.45) is 0 Å². The highest BCUT2D eigenvalue weighted by molar-refractivity contribution is 7.10. The molecule has 0 fully saturated rings. The SMILES string of the molecule is CCc1oc(C(=O)NC(CCO)c2cccs2)cc1C. The number of carbonyl (C=O) groups excluding carboxylic acids is 1. The Morgan fingerprint density at radius 1 is 1.55 bits per heavy atom. The molecule has 108 valence electrons. The van der Waals surface area contributed by atoms with Crippen molar-refractivity contribution in [1.29, 1.82) is 0 Å². The van der Waals surface area contributed by atoms with Crippen molar-refractivity contribution in [3.05, 3.63) is 45.5 Å². The van der Waals surface area contributed by atoms with Crippen molar-refractivity contribution in [3.8, 4) is 0 Å². The lowest BCUT2D eigenvalue weighted by Gasteiger charge is -2.15. The molecule has 0 aliphatic carbocycles. The van der Waals surface area contributed by atoms with Crippen molar-refractivity contribution >= 4 is 17.2 Å². The first-order valence-corrected chi connectivity index (χ1v) is 7.58. The molecule has 1 amide bonds. The predicted octanol–water partition coefficient (Wildman–Crippen LogP) is 3.07. The molecule has 0 bridgehead atoms. The summed E-state index contributed by atoms with van der Waals surface area (Å²) in [5.74, 6) is 0.934. The Morgan fingerprint density at radius 2 is 2.35 bits per heavy atom. The molecule has 2 N–H and O–H groups in total. The normalized spacial score (nSPS) is 12.3. The molecule has 0 radical (unpaired) electrons. The van der Waals surface area contributed by atoms with E-state index in [0.717, 1.165) is 22.6 Å². The molecule has 20 heavy (non-hydrogen) atoms. The smallest absolute Gasteiger partial charge is 0.287 e. The molecule has 0 spiro atoms. The largest absolute Gasteiger partial charge is 0.456 e. The van der Waals surface area contributed by atoms with Gasteiger partial charge in [-0.1, -0.05) is 13.0 Å². The number of nitrogens with one attached hydrogen (secondary N) is 1. The molecule has 1 unspecified atom stereocenters. The van der Waals surface area contributed by atoms with E-state index in [0.29, 0.717) is 12.2 Å². The minimum atomic E-state index is -0.236. The van der Waals surface area contributed by atoms with Crippen LogP contribution in [-0.4, -0.2) is 17.6 Å². The van der Waals surface area contributed by atoms with Crippen LogP contribution in [0, 0.1) is 6.92 Å². The zero-order valence-corrected chi connectivity index (χ0v) is 12.5. The number of furan rings is 1. The molecule has 2 heterocycles. The van der Waals surface area contributed by atoms with Gasteiger partial charge in [0.15, 0.2) is 5.76 Å². The highest BCUT2D eigenvalue weighted by Gasteiger charge is 2.19. The standard InChI is InChI=1S/C15H19NO3S/c1-3-12-10(2)9-13(19-12)15(18)16-11(6-7-17)14-5-4-8-20-14/h4-5,8-9,11,17H,3,6-7H2,1-2H3,(H,16,18). The zero-order chi connectivity index (χ0) is 14.5. The maximum absolute atomic E-state index is 12.2. The lowest BCUT2D eigenvalue weighted by atomic mass is 10.1. The Labute approximate surface area is 122 Å². The van der Waals surface area contributed by atoms with E-state index in [9.17, 15) is 4.79 Å². The van der Waals surface area contributed by atoms with E-state index < -0.39 is 0 Å². The third-order valence-corrected chi connectivity index (χ3v) is 4.16. The number of thiophene rings is 1. The first-order valence-electron chi connectivity index (χ1n) is 6.70. The van der Waals surface area contributed by atoms with Crippen LogP contribution >= 0.6 is 11.3 Å². The van der Waals surface area contributed by atoms with Crippen LogP contribution in [-0.2, 0) is 6.42 Å². The summed E-state index contributed by atoms with van der Waals surface area (Å²) in [4.78, 5) is 13.3. The van der Waals surface area contributed by atoms with Gasteiger partial charge in [0.1, 0.15) is 5.76 Å². The van der Waals surface area contributed by atoms with E-state index in [2.05, 4.69) is 5.32 Å². The van der Waals surface area contributed by atoms with Gasteiger partial charge in [-0.2, -0.15) is 0 Å². The van der Waals surface area contributed by atoms with Crippen LogP contribution in [0.15, 0.2) is 28.0 Å². The van der Waals surface area contributed by atoms with E-state index in [4.69, 9.17) is 9.52 Å². The second-order valence-corrected chi connectivity index (χ2v) is 5.60. The lowest BCUT2D eigenvalue weighted by Crippen LogP contribution is -2.28. The quantitative estimate of drug-likeness (QED) is 0.860. The van der Waals surface area contributed by atoms with Gasteiger partial charge < -0.3 is 14.8 Å². The predicted molar refractivity (Wildman–Crippen MR) is 79.1 cm³/mol. The van der Waals surface area contributed by atoms with Crippen molar-refractivity contribution in [2.45, 2.75) is 32.7 Å². The summed E-state index contributed by atoms with van der Waals surface area (Å²) < 4.78 is 5.55. The average Bonchev–Trinajstić information content (AvgIpc) is 3.07. The summed E-state index contributed by atoms with van der Waals surface area (Å²) in [7, 11) is 0. The van der Waals surface area contributed by atoms with Gasteiger partial charge >= 0.3 is 0 Å². The third kappa shape index (κ3) is 3.29. The second-order valence-electron chi connectivity index (χ2n) is 4.62. The van der Waals surface area contributed by atoms with Crippen molar-refractivity contribution in [3.63, 3.8) is 0 Å². The van der Waals surface area contributed by atoms with E-state index in [1.807, 2.05) is 31.4 Å². The Morgan fingerprint density at radius 3 is 2.90 bits per heavy atom. The Balaban J connectivity index is 2.11. The van der Waals surface area contributed by atoms with Crippen molar-refractivity contribution in [1.82, 2.24) is 5.32 Å². The van der Waals surface area contributed by atoms with Gasteiger partial charge in [0.25, 0.3) is 5.91 Å². The Hall–Kier alpha value is -1.59. The Bertz CT molecular complexity index is 560. The first-order chi connectivity index (χ1) is 9.65. The van der Waals surface area contributed by atoms with E-state index >= 15 is 0 Å². The van der Waals surface area contributed by atoms with Crippen LogP contribution in [0.25, 0.3) is 0 Å². The fraction of sp³-hybridized carbons (Fsp3) is 0.400. The summed E-state index contributed by atoms with van der Waals surface area (Å²) in [6, 6.07) is 5.47. The van der Waals surface area contributed by atoms with E-state index in [1.54, 1.807) is 17.4 Å². The number of hydrogen-bond acceptors (Lipinski definition) is 4. The molecule has 2 aromatic rings. The molecule has 0 aliphatic heterocycles. The number of hydrogen-bond donors (Lipinski definition) is 2. The maximum Gasteiger partial charge on any atom is 0.287 e. The Kier molecular flexibility index (Phi) is 4.98. The number of aliphatic hydroxyl groups excluding tert-OH is 1. The van der Waals surface area contributed by atoms with Crippen molar-refractivity contribution < 1.29 is 14.3 Å². The summed E-state index contributed by atoms with van der Waals surface area (Å²) in [5, 5.41) is 14.0. The fourth-order valence-electron chi connectivity index (χ4n) is 2.12. The van der Waals surface area contributed by atoms with Crippen LogP contribution in [0.2, 0.25) is 0 Å². The van der Waals surface area contributed by atoms with Crippen LogP contribution in [0.3, 0.4) is 0 Å².